The smallest absolute Gasteiger partial charge is 0.280 e. The molecule has 2 fully saturated rings. The Balaban J connectivity index is 1.65. The van der Waals surface area contributed by atoms with E-state index in [9.17, 15) is 4.79 Å². The Bertz CT molecular complexity index is 422. The molecule has 0 saturated carbocycles. The Kier molecular flexibility index (Phi) is 2.73. The zero-order chi connectivity index (χ0) is 11.1. The van der Waals surface area contributed by atoms with Crippen LogP contribution >= 0.6 is 27.3 Å². The number of rotatable bonds is 2. The summed E-state index contributed by atoms with van der Waals surface area (Å²) in [6.45, 7) is 0. The summed E-state index contributed by atoms with van der Waals surface area (Å²) in [7, 11) is 0. The zero-order valence-corrected chi connectivity index (χ0v) is 11.0. The van der Waals surface area contributed by atoms with E-state index in [1.54, 1.807) is 6.20 Å². The minimum atomic E-state index is -0.0462. The van der Waals surface area contributed by atoms with Gasteiger partial charge in [-0.05, 0) is 35.2 Å². The molecule has 1 amide bonds. The van der Waals surface area contributed by atoms with Crippen molar-refractivity contribution in [2.24, 2.45) is 0 Å². The van der Waals surface area contributed by atoms with Gasteiger partial charge in [0.1, 0.15) is 0 Å². The van der Waals surface area contributed by atoms with Crippen LogP contribution in [0.1, 0.15) is 29.1 Å². The predicted octanol–water partition coefficient (Wildman–Crippen LogP) is 1.53. The molecule has 3 unspecified atom stereocenters. The number of carbonyl (C=O) groups excluding carboxylic acids is 1. The van der Waals surface area contributed by atoms with Crippen molar-refractivity contribution in [3.05, 3.63) is 15.0 Å². The maximum Gasteiger partial charge on any atom is 0.280 e. The van der Waals surface area contributed by atoms with Gasteiger partial charge in [-0.15, -0.1) is 11.3 Å². The van der Waals surface area contributed by atoms with Crippen LogP contribution in [0, 0.1) is 0 Å². The second-order valence-electron chi connectivity index (χ2n) is 4.33. The molecule has 0 spiro atoms. The van der Waals surface area contributed by atoms with Crippen molar-refractivity contribution >= 4 is 33.2 Å². The number of hydrogen-bond donors (Lipinski definition) is 2. The molecule has 86 valence electrons. The summed E-state index contributed by atoms with van der Waals surface area (Å²) < 4.78 is 0.892. The van der Waals surface area contributed by atoms with Crippen LogP contribution in [0.4, 0.5) is 0 Å². The monoisotopic (exact) mass is 301 g/mol. The molecule has 2 N–H and O–H groups in total. The summed E-state index contributed by atoms with van der Waals surface area (Å²) in [5.41, 5.74) is 0. The zero-order valence-electron chi connectivity index (χ0n) is 8.57. The van der Waals surface area contributed by atoms with Crippen LogP contribution in [0.15, 0.2) is 9.98 Å². The molecule has 0 aromatic carbocycles. The van der Waals surface area contributed by atoms with E-state index in [0.29, 0.717) is 17.1 Å². The SMILES string of the molecule is O=C(NC1CC2CCC1N2)c1ncc(Br)s1. The van der Waals surface area contributed by atoms with E-state index in [4.69, 9.17) is 0 Å². The lowest BCUT2D eigenvalue weighted by Gasteiger charge is -2.20. The highest BCUT2D eigenvalue weighted by atomic mass is 79.9. The van der Waals surface area contributed by atoms with Gasteiger partial charge >= 0.3 is 0 Å². The first-order chi connectivity index (χ1) is 7.72. The van der Waals surface area contributed by atoms with Crippen LogP contribution in [-0.4, -0.2) is 29.0 Å². The molecule has 4 nitrogen and oxygen atoms in total. The third-order valence-electron chi connectivity index (χ3n) is 3.29. The molecule has 3 rings (SSSR count). The molecule has 0 radical (unpaired) electrons. The lowest BCUT2D eigenvalue weighted by molar-refractivity contribution is 0.0930. The minimum Gasteiger partial charge on any atom is -0.346 e. The quantitative estimate of drug-likeness (QED) is 0.871. The summed E-state index contributed by atoms with van der Waals surface area (Å²) >= 11 is 4.68. The Labute approximate surface area is 106 Å². The largest absolute Gasteiger partial charge is 0.346 e. The van der Waals surface area contributed by atoms with E-state index in [-0.39, 0.29) is 11.9 Å². The molecule has 2 aliphatic heterocycles. The highest BCUT2D eigenvalue weighted by molar-refractivity contribution is 9.11. The summed E-state index contributed by atoms with van der Waals surface area (Å²) in [5, 5.41) is 7.10. The average molecular weight is 302 g/mol. The summed E-state index contributed by atoms with van der Waals surface area (Å²) in [5.74, 6) is -0.0462. The number of hydrogen-bond acceptors (Lipinski definition) is 4. The Hall–Kier alpha value is -0.460. The minimum absolute atomic E-state index is 0.0462. The number of amides is 1. The molecule has 0 aliphatic carbocycles. The number of nitrogens with zero attached hydrogens (tertiary/aromatic N) is 1. The normalized spacial score (nSPS) is 31.9. The fraction of sp³-hybridized carbons (Fsp3) is 0.600. The number of carbonyl (C=O) groups is 1. The van der Waals surface area contributed by atoms with Crippen molar-refractivity contribution in [2.45, 2.75) is 37.4 Å². The van der Waals surface area contributed by atoms with Crippen molar-refractivity contribution in [2.75, 3.05) is 0 Å². The van der Waals surface area contributed by atoms with E-state index in [2.05, 4.69) is 31.5 Å². The van der Waals surface area contributed by atoms with Gasteiger partial charge < -0.3 is 10.6 Å². The molecule has 3 atom stereocenters. The second kappa shape index (κ2) is 4.09. The Morgan fingerprint density at radius 1 is 1.62 bits per heavy atom. The fourth-order valence-corrected chi connectivity index (χ4v) is 3.68. The highest BCUT2D eigenvalue weighted by Gasteiger charge is 2.39. The number of aromatic nitrogens is 1. The number of halogens is 1. The third kappa shape index (κ3) is 1.89. The summed E-state index contributed by atoms with van der Waals surface area (Å²) in [6, 6.07) is 1.37. The molecule has 6 heteroatoms. The van der Waals surface area contributed by atoms with Crippen molar-refractivity contribution in [1.29, 1.82) is 0 Å². The first-order valence-corrected chi connectivity index (χ1v) is 7.01. The van der Waals surface area contributed by atoms with Gasteiger partial charge in [0.15, 0.2) is 5.01 Å². The lowest BCUT2D eigenvalue weighted by atomic mass is 9.95. The van der Waals surface area contributed by atoms with E-state index in [0.717, 1.165) is 10.2 Å². The molecule has 2 bridgehead atoms. The van der Waals surface area contributed by atoms with Gasteiger partial charge in [0.05, 0.1) is 9.98 Å². The van der Waals surface area contributed by atoms with Crippen LogP contribution in [0.3, 0.4) is 0 Å². The first kappa shape index (κ1) is 10.7. The van der Waals surface area contributed by atoms with Gasteiger partial charge in [0.2, 0.25) is 0 Å². The van der Waals surface area contributed by atoms with Crippen LogP contribution in [0.25, 0.3) is 0 Å². The maximum atomic E-state index is 11.9. The predicted molar refractivity (Wildman–Crippen MR) is 65.6 cm³/mol. The van der Waals surface area contributed by atoms with Crippen LogP contribution in [0.5, 0.6) is 0 Å². The number of fused-ring (bicyclic) bond motifs is 2. The van der Waals surface area contributed by atoms with Crippen LogP contribution in [-0.2, 0) is 0 Å². The van der Waals surface area contributed by atoms with Gasteiger partial charge in [-0.2, -0.15) is 0 Å². The van der Waals surface area contributed by atoms with Gasteiger partial charge in [-0.3, -0.25) is 4.79 Å². The Morgan fingerprint density at radius 3 is 3.06 bits per heavy atom. The number of thiazole rings is 1. The van der Waals surface area contributed by atoms with E-state index >= 15 is 0 Å². The number of nitrogens with one attached hydrogen (secondary N) is 2. The van der Waals surface area contributed by atoms with E-state index in [1.807, 2.05) is 0 Å². The van der Waals surface area contributed by atoms with Crippen molar-refractivity contribution in [3.63, 3.8) is 0 Å². The van der Waals surface area contributed by atoms with Crippen molar-refractivity contribution < 1.29 is 4.79 Å². The van der Waals surface area contributed by atoms with E-state index in [1.165, 1.54) is 24.2 Å². The first-order valence-electron chi connectivity index (χ1n) is 5.40. The van der Waals surface area contributed by atoms with Gasteiger partial charge in [-0.25, -0.2) is 4.98 Å². The van der Waals surface area contributed by atoms with Gasteiger partial charge in [-0.1, -0.05) is 0 Å². The standard InChI is InChI=1S/C10H12BrN3OS/c11-8-4-12-10(16-8)9(15)14-7-3-5-1-2-6(7)13-5/h4-7,13H,1-3H2,(H,14,15). The van der Waals surface area contributed by atoms with Crippen LogP contribution < -0.4 is 10.6 Å². The molecule has 2 aliphatic rings. The molecular formula is C10H12BrN3OS. The molecule has 2 saturated heterocycles. The van der Waals surface area contributed by atoms with Gasteiger partial charge in [0, 0.05) is 18.1 Å². The summed E-state index contributed by atoms with van der Waals surface area (Å²) in [4.78, 5) is 15.9. The molecule has 16 heavy (non-hydrogen) atoms. The third-order valence-corrected chi connectivity index (χ3v) is 4.76. The second-order valence-corrected chi connectivity index (χ2v) is 6.74. The maximum absolute atomic E-state index is 11.9. The average Bonchev–Trinajstić information content (AvgIpc) is 2.92. The Morgan fingerprint density at radius 2 is 2.50 bits per heavy atom. The topological polar surface area (TPSA) is 54.0 Å². The molecular weight excluding hydrogens is 290 g/mol. The highest BCUT2D eigenvalue weighted by Crippen LogP contribution is 2.28. The molecule has 1 aromatic heterocycles. The van der Waals surface area contributed by atoms with Crippen molar-refractivity contribution in [3.8, 4) is 0 Å². The summed E-state index contributed by atoms with van der Waals surface area (Å²) in [6.07, 6.45) is 5.15. The fourth-order valence-electron chi connectivity index (χ4n) is 2.57. The van der Waals surface area contributed by atoms with E-state index < -0.39 is 0 Å². The lowest BCUT2D eigenvalue weighted by Crippen LogP contribution is -2.42. The van der Waals surface area contributed by atoms with Crippen LogP contribution in [0.2, 0.25) is 0 Å². The molecule has 1 aromatic rings. The van der Waals surface area contributed by atoms with Gasteiger partial charge in [0.25, 0.3) is 5.91 Å². The van der Waals surface area contributed by atoms with Crippen molar-refractivity contribution in [1.82, 2.24) is 15.6 Å². The molecule has 3 heterocycles.